The van der Waals surface area contributed by atoms with Crippen molar-refractivity contribution in [1.82, 2.24) is 5.01 Å². The summed E-state index contributed by atoms with van der Waals surface area (Å²) in [6.45, 7) is 3.00. The van der Waals surface area contributed by atoms with E-state index < -0.39 is 0 Å². The number of nitrogens with zero attached hydrogens (tertiary/aromatic N) is 1. The second-order valence-electron chi connectivity index (χ2n) is 4.61. The van der Waals surface area contributed by atoms with E-state index in [1.165, 1.54) is 12.8 Å². The van der Waals surface area contributed by atoms with Crippen molar-refractivity contribution < 1.29 is 5.17 Å². The normalized spacial score (nSPS) is 21.0. The topological polar surface area (TPSA) is 42.8 Å². The van der Waals surface area contributed by atoms with Crippen LogP contribution in [-0.2, 0) is 0 Å². The van der Waals surface area contributed by atoms with E-state index in [-0.39, 0.29) is 5.17 Å². The molecule has 4 nitrogen and oxygen atoms in total. The highest BCUT2D eigenvalue weighted by molar-refractivity contribution is 7.14. The van der Waals surface area contributed by atoms with Gasteiger partial charge in [-0.1, -0.05) is 19.8 Å². The fraction of sp³-hybridized carbons (Fsp3) is 0.385. The van der Waals surface area contributed by atoms with Crippen molar-refractivity contribution in [2.24, 2.45) is 0 Å². The van der Waals surface area contributed by atoms with Crippen LogP contribution in [0.4, 0.5) is 5.00 Å². The number of hydrogen-bond donors (Lipinski definition) is 2. The summed E-state index contributed by atoms with van der Waals surface area (Å²) in [6, 6.07) is 2.08. The van der Waals surface area contributed by atoms with Crippen LogP contribution in [0.5, 0.6) is 0 Å². The van der Waals surface area contributed by atoms with E-state index in [1.807, 2.05) is 17.4 Å². The third-order valence-electron chi connectivity index (χ3n) is 3.37. The summed E-state index contributed by atoms with van der Waals surface area (Å²) in [6.07, 6.45) is 7.28. The second kappa shape index (κ2) is 4.76. The largest absolute Gasteiger partial charge is 0.603 e. The Morgan fingerprint density at radius 1 is 1.44 bits per heavy atom. The Kier molecular flexibility index (Phi) is 3.11. The van der Waals surface area contributed by atoms with Gasteiger partial charge in [-0.3, -0.25) is 0 Å². The molecule has 0 spiro atoms. The first-order valence-electron chi connectivity index (χ1n) is 6.39. The summed E-state index contributed by atoms with van der Waals surface area (Å²) in [5, 5.41) is 20.6. The maximum atomic E-state index is 12.2. The van der Waals surface area contributed by atoms with Crippen LogP contribution >= 0.6 is 11.3 Å². The molecule has 0 amide bonds. The summed E-state index contributed by atoms with van der Waals surface area (Å²) >= 11 is 1.67. The molecule has 1 aromatic heterocycles. The Labute approximate surface area is 111 Å². The minimum Gasteiger partial charge on any atom is -0.603 e. The third kappa shape index (κ3) is 1.84. The number of hydrogen-bond acceptors (Lipinski definition) is 4. The minimum absolute atomic E-state index is 0.130. The molecule has 2 aliphatic rings. The summed E-state index contributed by atoms with van der Waals surface area (Å²) in [7, 11) is 0. The molecule has 2 aliphatic heterocycles. The highest BCUT2D eigenvalue weighted by Crippen LogP contribution is 2.37. The maximum absolute atomic E-state index is 12.2. The molecular formula is C13H17N3OS. The monoisotopic (exact) mass is 263 g/mol. The van der Waals surface area contributed by atoms with Gasteiger partial charge in [0.05, 0.1) is 24.5 Å². The first-order chi connectivity index (χ1) is 8.81. The zero-order valence-electron chi connectivity index (χ0n) is 10.4. The van der Waals surface area contributed by atoms with Crippen LogP contribution in [0, 0.1) is 5.21 Å². The van der Waals surface area contributed by atoms with E-state index in [2.05, 4.69) is 23.7 Å². The van der Waals surface area contributed by atoms with Gasteiger partial charge in [-0.05, 0) is 17.9 Å². The number of quaternary nitrogens is 1. The molecule has 18 heavy (non-hydrogen) atoms. The standard InChI is InChI=1S/C13H17N3OS/c1-2-3-4-6-15-9-11-10-5-7-18-13(10)14-8-12(11)16(15)17/h5,7-9,14,16H,2-4,6H2,1H3. The molecule has 0 radical (unpaired) electrons. The van der Waals surface area contributed by atoms with Crippen molar-refractivity contribution in [3.63, 3.8) is 0 Å². The van der Waals surface area contributed by atoms with Crippen molar-refractivity contribution in [3.05, 3.63) is 40.3 Å². The molecule has 2 N–H and O–H groups in total. The van der Waals surface area contributed by atoms with Crippen molar-refractivity contribution in [1.29, 1.82) is 0 Å². The number of fused-ring (bicyclic) bond motifs is 3. The molecule has 0 saturated carbocycles. The molecule has 0 aromatic carbocycles. The second-order valence-corrected chi connectivity index (χ2v) is 5.53. The number of unbranched alkanes of at least 4 members (excludes halogenated alkanes) is 2. The van der Waals surface area contributed by atoms with E-state index in [0.717, 1.165) is 34.8 Å². The van der Waals surface area contributed by atoms with E-state index >= 15 is 0 Å². The average Bonchev–Trinajstić information content (AvgIpc) is 2.95. The van der Waals surface area contributed by atoms with Gasteiger partial charge < -0.3 is 10.5 Å². The molecule has 3 rings (SSSR count). The lowest BCUT2D eigenvalue weighted by atomic mass is 10.1. The third-order valence-corrected chi connectivity index (χ3v) is 4.22. The average molecular weight is 263 g/mol. The van der Waals surface area contributed by atoms with Gasteiger partial charge in [0.1, 0.15) is 5.00 Å². The SMILES string of the molecule is CCCCCN1C=C2C(=CNc3sccc32)[NH+]1[O-]. The van der Waals surface area contributed by atoms with Crippen molar-refractivity contribution in [2.45, 2.75) is 26.2 Å². The van der Waals surface area contributed by atoms with Crippen molar-refractivity contribution in [2.75, 3.05) is 11.9 Å². The molecule has 0 fully saturated rings. The molecule has 1 unspecified atom stereocenters. The number of rotatable bonds is 4. The molecule has 0 bridgehead atoms. The quantitative estimate of drug-likeness (QED) is 0.646. The van der Waals surface area contributed by atoms with Crippen molar-refractivity contribution >= 4 is 21.9 Å². The van der Waals surface area contributed by atoms with E-state index in [4.69, 9.17) is 0 Å². The van der Waals surface area contributed by atoms with Crippen LogP contribution in [0.2, 0.25) is 0 Å². The first kappa shape index (κ1) is 11.8. The lowest BCUT2D eigenvalue weighted by Gasteiger charge is -2.28. The lowest BCUT2D eigenvalue weighted by molar-refractivity contribution is -0.918. The van der Waals surface area contributed by atoms with Gasteiger partial charge in [0.2, 0.25) is 0 Å². The number of hydroxylamine groups is 1. The molecule has 1 atom stereocenters. The van der Waals surface area contributed by atoms with Crippen LogP contribution in [0.3, 0.4) is 0 Å². The molecule has 3 heterocycles. The number of thiophene rings is 1. The van der Waals surface area contributed by atoms with Gasteiger partial charge in [0, 0.05) is 5.56 Å². The lowest BCUT2D eigenvalue weighted by Crippen LogP contribution is -3.10. The predicted octanol–water partition coefficient (Wildman–Crippen LogP) is 2.16. The Morgan fingerprint density at radius 3 is 3.17 bits per heavy atom. The van der Waals surface area contributed by atoms with Gasteiger partial charge in [0.15, 0.2) is 5.70 Å². The smallest absolute Gasteiger partial charge is 0.181 e. The van der Waals surface area contributed by atoms with Gasteiger partial charge in [0.25, 0.3) is 0 Å². The molecule has 96 valence electrons. The predicted molar refractivity (Wildman–Crippen MR) is 74.6 cm³/mol. The minimum atomic E-state index is 0.130. The number of anilines is 1. The summed E-state index contributed by atoms with van der Waals surface area (Å²) in [5.41, 5.74) is 3.03. The van der Waals surface area contributed by atoms with E-state index in [9.17, 15) is 5.21 Å². The summed E-state index contributed by atoms with van der Waals surface area (Å²) in [5.74, 6) is 0. The molecule has 0 saturated heterocycles. The zero-order valence-corrected chi connectivity index (χ0v) is 11.2. The Balaban J connectivity index is 1.82. The molecule has 5 heteroatoms. The maximum Gasteiger partial charge on any atom is 0.181 e. The molecule has 1 aromatic rings. The highest BCUT2D eigenvalue weighted by atomic mass is 32.1. The van der Waals surface area contributed by atoms with Crippen LogP contribution in [0.1, 0.15) is 31.7 Å². The van der Waals surface area contributed by atoms with Crippen molar-refractivity contribution in [3.8, 4) is 0 Å². The van der Waals surface area contributed by atoms with Gasteiger partial charge in [-0.25, -0.2) is 10.2 Å². The number of nitrogens with one attached hydrogen (secondary N) is 2. The van der Waals surface area contributed by atoms with Gasteiger partial charge in [-0.15, -0.1) is 11.3 Å². The van der Waals surface area contributed by atoms with Gasteiger partial charge in [-0.2, -0.15) is 0 Å². The van der Waals surface area contributed by atoms with Crippen LogP contribution in [-0.4, -0.2) is 11.6 Å². The Hall–Kier alpha value is -1.30. The van der Waals surface area contributed by atoms with Crippen LogP contribution in [0.15, 0.2) is 29.5 Å². The Morgan fingerprint density at radius 2 is 2.33 bits per heavy atom. The summed E-state index contributed by atoms with van der Waals surface area (Å²) in [4.78, 5) is 0. The molecule has 0 aliphatic carbocycles. The molecular weight excluding hydrogens is 246 g/mol. The Bertz CT molecular complexity index is 506. The first-order valence-corrected chi connectivity index (χ1v) is 7.27. The zero-order chi connectivity index (χ0) is 12.5. The fourth-order valence-corrected chi connectivity index (χ4v) is 3.15. The van der Waals surface area contributed by atoms with Crippen LogP contribution in [0.25, 0.3) is 5.57 Å². The van der Waals surface area contributed by atoms with E-state index in [0.29, 0.717) is 0 Å². The number of allylic oxidation sites excluding steroid dienone is 1. The van der Waals surface area contributed by atoms with Crippen LogP contribution < -0.4 is 10.5 Å². The fourth-order valence-electron chi connectivity index (χ4n) is 2.38. The van der Waals surface area contributed by atoms with E-state index in [1.54, 1.807) is 11.3 Å². The highest BCUT2D eigenvalue weighted by Gasteiger charge is 2.31. The summed E-state index contributed by atoms with van der Waals surface area (Å²) < 4.78 is 0. The van der Waals surface area contributed by atoms with Gasteiger partial charge >= 0.3 is 0 Å².